The summed E-state index contributed by atoms with van der Waals surface area (Å²) in [4.78, 5) is 15.3. The summed E-state index contributed by atoms with van der Waals surface area (Å²) < 4.78 is 27.6. The van der Waals surface area contributed by atoms with E-state index >= 15 is 0 Å². The van der Waals surface area contributed by atoms with Gasteiger partial charge in [0, 0.05) is 16.6 Å². The molecule has 0 spiro atoms. The number of fused-ring (bicyclic) bond motifs is 1. The molecule has 0 aliphatic rings. The SMILES string of the molecule is COc1ccc2[nH]c(C(=O)Nc3ccc(S(N)(=O)=O)cc3)cc2c1. The van der Waals surface area contributed by atoms with Crippen LogP contribution in [0.1, 0.15) is 10.5 Å². The van der Waals surface area contributed by atoms with Crippen molar-refractivity contribution in [1.29, 1.82) is 0 Å². The van der Waals surface area contributed by atoms with E-state index in [4.69, 9.17) is 9.88 Å². The van der Waals surface area contributed by atoms with Gasteiger partial charge in [-0.15, -0.1) is 0 Å². The molecule has 0 aliphatic carbocycles. The van der Waals surface area contributed by atoms with E-state index in [-0.39, 0.29) is 10.8 Å². The van der Waals surface area contributed by atoms with E-state index in [9.17, 15) is 13.2 Å². The van der Waals surface area contributed by atoms with Crippen molar-refractivity contribution >= 4 is 32.5 Å². The maximum absolute atomic E-state index is 12.3. The molecule has 7 nitrogen and oxygen atoms in total. The van der Waals surface area contributed by atoms with Crippen molar-refractivity contribution in [2.24, 2.45) is 5.14 Å². The molecule has 0 unspecified atom stereocenters. The van der Waals surface area contributed by atoms with Gasteiger partial charge in [0.25, 0.3) is 5.91 Å². The molecule has 0 radical (unpaired) electrons. The van der Waals surface area contributed by atoms with Crippen LogP contribution in [-0.2, 0) is 10.0 Å². The van der Waals surface area contributed by atoms with Crippen LogP contribution in [0, 0.1) is 0 Å². The molecule has 0 atom stereocenters. The predicted molar refractivity (Wildman–Crippen MR) is 90.6 cm³/mol. The van der Waals surface area contributed by atoms with E-state index in [1.807, 2.05) is 12.1 Å². The zero-order chi connectivity index (χ0) is 17.3. The minimum Gasteiger partial charge on any atom is -0.497 e. The van der Waals surface area contributed by atoms with E-state index in [0.717, 1.165) is 10.9 Å². The van der Waals surface area contributed by atoms with Crippen molar-refractivity contribution in [3.05, 3.63) is 54.2 Å². The van der Waals surface area contributed by atoms with E-state index in [1.54, 1.807) is 19.2 Å². The molecule has 4 N–H and O–H groups in total. The van der Waals surface area contributed by atoms with Gasteiger partial charge in [0.1, 0.15) is 11.4 Å². The lowest BCUT2D eigenvalue weighted by Gasteiger charge is -2.04. The summed E-state index contributed by atoms with van der Waals surface area (Å²) in [5, 5.41) is 8.58. The molecule has 24 heavy (non-hydrogen) atoms. The third kappa shape index (κ3) is 3.24. The average molecular weight is 345 g/mol. The lowest BCUT2D eigenvalue weighted by atomic mass is 10.2. The number of primary sulfonamides is 1. The fourth-order valence-corrected chi connectivity index (χ4v) is 2.80. The fourth-order valence-electron chi connectivity index (χ4n) is 2.29. The number of nitrogens with two attached hydrogens (primary N) is 1. The number of benzene rings is 2. The summed E-state index contributed by atoms with van der Waals surface area (Å²) in [7, 11) is -2.18. The molecule has 124 valence electrons. The Morgan fingerprint density at radius 3 is 2.46 bits per heavy atom. The summed E-state index contributed by atoms with van der Waals surface area (Å²) >= 11 is 0. The number of H-pyrrole nitrogens is 1. The minimum atomic E-state index is -3.75. The van der Waals surface area contributed by atoms with Gasteiger partial charge >= 0.3 is 0 Å². The van der Waals surface area contributed by atoms with Gasteiger partial charge in [0.05, 0.1) is 12.0 Å². The quantitative estimate of drug-likeness (QED) is 0.671. The Morgan fingerprint density at radius 2 is 1.83 bits per heavy atom. The van der Waals surface area contributed by atoms with Gasteiger partial charge in [-0.1, -0.05) is 0 Å². The van der Waals surface area contributed by atoms with Crippen molar-refractivity contribution in [3.8, 4) is 5.75 Å². The molecule has 8 heteroatoms. The van der Waals surface area contributed by atoms with Gasteiger partial charge in [-0.2, -0.15) is 0 Å². The number of sulfonamides is 1. The van der Waals surface area contributed by atoms with Crippen LogP contribution >= 0.6 is 0 Å². The average Bonchev–Trinajstić information content (AvgIpc) is 2.97. The third-order valence-corrected chi connectivity index (χ3v) is 4.44. The van der Waals surface area contributed by atoms with E-state index in [2.05, 4.69) is 10.3 Å². The summed E-state index contributed by atoms with van der Waals surface area (Å²) in [5.41, 5.74) is 1.66. The number of methoxy groups -OCH3 is 1. The number of rotatable bonds is 4. The molecule has 3 aromatic rings. The smallest absolute Gasteiger partial charge is 0.272 e. The van der Waals surface area contributed by atoms with Crippen molar-refractivity contribution in [2.75, 3.05) is 12.4 Å². The second kappa shape index (κ2) is 5.99. The Bertz CT molecular complexity index is 1010. The van der Waals surface area contributed by atoms with Gasteiger partial charge < -0.3 is 15.0 Å². The van der Waals surface area contributed by atoms with Crippen LogP contribution in [0.3, 0.4) is 0 Å². The first kappa shape index (κ1) is 16.0. The normalized spacial score (nSPS) is 11.4. The predicted octanol–water partition coefficient (Wildman–Crippen LogP) is 2.08. The first-order valence-electron chi connectivity index (χ1n) is 6.98. The molecular weight excluding hydrogens is 330 g/mol. The summed E-state index contributed by atoms with van der Waals surface area (Å²) in [6.45, 7) is 0. The molecule has 0 aliphatic heterocycles. The van der Waals surface area contributed by atoms with Gasteiger partial charge in [-0.25, -0.2) is 13.6 Å². The van der Waals surface area contributed by atoms with Crippen LogP contribution in [0.25, 0.3) is 10.9 Å². The number of carbonyl (C=O) groups is 1. The van der Waals surface area contributed by atoms with Gasteiger partial charge in [0.15, 0.2) is 0 Å². The number of ether oxygens (including phenoxy) is 1. The molecule has 1 amide bonds. The Kier molecular flexibility index (Phi) is 4.00. The second-order valence-electron chi connectivity index (χ2n) is 5.16. The van der Waals surface area contributed by atoms with Crippen molar-refractivity contribution in [1.82, 2.24) is 4.98 Å². The van der Waals surface area contributed by atoms with Crippen LogP contribution in [0.2, 0.25) is 0 Å². The van der Waals surface area contributed by atoms with Gasteiger partial charge in [-0.3, -0.25) is 4.79 Å². The standard InChI is InChI=1S/C16H15N3O4S/c1-23-12-4-7-14-10(8-12)9-15(19-14)16(20)18-11-2-5-13(6-3-11)24(17,21)22/h2-9,19H,1H3,(H,18,20)(H2,17,21,22). The van der Waals surface area contributed by atoms with Gasteiger partial charge in [0.2, 0.25) is 10.0 Å². The van der Waals surface area contributed by atoms with E-state index in [0.29, 0.717) is 17.1 Å². The highest BCUT2D eigenvalue weighted by atomic mass is 32.2. The van der Waals surface area contributed by atoms with Crippen LogP contribution in [0.5, 0.6) is 5.75 Å². The monoisotopic (exact) mass is 345 g/mol. The molecule has 0 saturated heterocycles. The largest absolute Gasteiger partial charge is 0.497 e. The van der Waals surface area contributed by atoms with Crippen LogP contribution in [0.4, 0.5) is 5.69 Å². The Hall–Kier alpha value is -2.84. The second-order valence-corrected chi connectivity index (χ2v) is 6.72. The number of aromatic nitrogens is 1. The molecule has 0 saturated carbocycles. The van der Waals surface area contributed by atoms with Crippen molar-refractivity contribution in [2.45, 2.75) is 4.90 Å². The number of anilines is 1. The van der Waals surface area contributed by atoms with Crippen molar-refractivity contribution in [3.63, 3.8) is 0 Å². The highest BCUT2D eigenvalue weighted by Crippen LogP contribution is 2.22. The number of nitrogens with one attached hydrogen (secondary N) is 2. The number of aromatic amines is 1. The summed E-state index contributed by atoms with van der Waals surface area (Å²) in [5.74, 6) is 0.362. The lowest BCUT2D eigenvalue weighted by Crippen LogP contribution is -2.14. The highest BCUT2D eigenvalue weighted by Gasteiger charge is 2.12. The van der Waals surface area contributed by atoms with E-state index in [1.165, 1.54) is 24.3 Å². The zero-order valence-corrected chi connectivity index (χ0v) is 13.6. The first-order valence-corrected chi connectivity index (χ1v) is 8.52. The maximum atomic E-state index is 12.3. The third-order valence-electron chi connectivity index (χ3n) is 3.51. The number of amides is 1. The molecule has 0 bridgehead atoms. The molecule has 0 fully saturated rings. The molecule has 2 aromatic carbocycles. The van der Waals surface area contributed by atoms with Crippen LogP contribution < -0.4 is 15.2 Å². The minimum absolute atomic E-state index is 0.0155. The van der Waals surface area contributed by atoms with Crippen LogP contribution in [0.15, 0.2) is 53.4 Å². The molecular formula is C16H15N3O4S. The number of carbonyl (C=O) groups excluding carboxylic acids is 1. The molecule has 1 heterocycles. The Balaban J connectivity index is 1.82. The fraction of sp³-hybridized carbons (Fsp3) is 0.0625. The summed E-state index contributed by atoms with van der Waals surface area (Å²) in [6, 6.07) is 12.8. The maximum Gasteiger partial charge on any atom is 0.272 e. The lowest BCUT2D eigenvalue weighted by molar-refractivity contribution is 0.102. The van der Waals surface area contributed by atoms with Crippen LogP contribution in [-0.4, -0.2) is 26.4 Å². The topological polar surface area (TPSA) is 114 Å². The zero-order valence-electron chi connectivity index (χ0n) is 12.7. The van der Waals surface area contributed by atoms with E-state index < -0.39 is 10.0 Å². The summed E-state index contributed by atoms with van der Waals surface area (Å²) in [6.07, 6.45) is 0. The highest BCUT2D eigenvalue weighted by molar-refractivity contribution is 7.89. The first-order chi connectivity index (χ1) is 11.4. The Morgan fingerprint density at radius 1 is 1.12 bits per heavy atom. The molecule has 1 aromatic heterocycles. The van der Waals surface area contributed by atoms with Crippen molar-refractivity contribution < 1.29 is 17.9 Å². The number of hydrogen-bond acceptors (Lipinski definition) is 4. The molecule has 3 rings (SSSR count). The van der Waals surface area contributed by atoms with Gasteiger partial charge in [-0.05, 0) is 48.5 Å². The Labute approximate surface area is 138 Å². The number of hydrogen-bond donors (Lipinski definition) is 3.